The average molecular weight is 415 g/mol. The van der Waals surface area contributed by atoms with Crippen molar-refractivity contribution in [1.82, 2.24) is 9.55 Å². The van der Waals surface area contributed by atoms with E-state index < -0.39 is 28.1 Å². The van der Waals surface area contributed by atoms with Gasteiger partial charge in [0.1, 0.15) is 17.1 Å². The van der Waals surface area contributed by atoms with Gasteiger partial charge >= 0.3 is 0 Å². The summed E-state index contributed by atoms with van der Waals surface area (Å²) < 4.78 is 48.0. The van der Waals surface area contributed by atoms with Gasteiger partial charge < -0.3 is 14.3 Å². The summed E-state index contributed by atoms with van der Waals surface area (Å²) in [6, 6.07) is 5.96. The summed E-state index contributed by atoms with van der Waals surface area (Å²) in [4.78, 5) is 25.7. The van der Waals surface area contributed by atoms with E-state index in [-0.39, 0.29) is 28.1 Å². The molecule has 0 amide bonds. The first-order chi connectivity index (χ1) is 14.3. The third-order valence-electron chi connectivity index (χ3n) is 4.53. The number of nitro benzene ring substituents is 1. The van der Waals surface area contributed by atoms with Crippen LogP contribution in [0.5, 0.6) is 11.5 Å². The summed E-state index contributed by atoms with van der Waals surface area (Å²) in [5, 5.41) is 11.7. The molecule has 4 rings (SSSR count). The Balaban J connectivity index is 1.97. The number of hydrogen-bond donors (Lipinski definition) is 1. The molecule has 2 aromatic heterocycles. The highest BCUT2D eigenvalue weighted by molar-refractivity contribution is 5.96. The quantitative estimate of drug-likeness (QED) is 0.388. The van der Waals surface area contributed by atoms with E-state index in [0.717, 1.165) is 6.07 Å². The van der Waals surface area contributed by atoms with Gasteiger partial charge in [0.2, 0.25) is 0 Å². The SMILES string of the molecule is Cn1cc(-c2cc([N+](=O)[O-])ccc2Oc2c(F)cc(F)cc2F)c2cc[nH]c2c1=O. The van der Waals surface area contributed by atoms with E-state index in [4.69, 9.17) is 4.74 Å². The largest absolute Gasteiger partial charge is 0.451 e. The van der Waals surface area contributed by atoms with Gasteiger partial charge in [0.25, 0.3) is 11.2 Å². The number of H-pyrrole nitrogens is 1. The number of rotatable bonds is 4. The molecular formula is C20H12F3N3O4. The monoisotopic (exact) mass is 415 g/mol. The van der Waals surface area contributed by atoms with Crippen LogP contribution in [0.15, 0.2) is 53.6 Å². The van der Waals surface area contributed by atoms with Gasteiger partial charge in [0, 0.05) is 60.2 Å². The van der Waals surface area contributed by atoms with Crippen molar-refractivity contribution < 1.29 is 22.8 Å². The van der Waals surface area contributed by atoms with E-state index >= 15 is 0 Å². The molecule has 0 bridgehead atoms. The van der Waals surface area contributed by atoms with E-state index in [1.165, 1.54) is 36.1 Å². The molecule has 2 heterocycles. The molecule has 4 aromatic rings. The van der Waals surface area contributed by atoms with E-state index in [0.29, 0.717) is 23.1 Å². The molecule has 0 spiro atoms. The number of hydrogen-bond acceptors (Lipinski definition) is 4. The number of aromatic nitrogens is 2. The maximum atomic E-state index is 14.1. The third kappa shape index (κ3) is 3.17. The Bertz CT molecular complexity index is 1350. The Labute approximate surface area is 166 Å². The second-order valence-corrected chi connectivity index (χ2v) is 6.46. The minimum atomic E-state index is -1.27. The van der Waals surface area contributed by atoms with Crippen molar-refractivity contribution in [3.05, 3.63) is 86.7 Å². The second-order valence-electron chi connectivity index (χ2n) is 6.46. The summed E-state index contributed by atoms with van der Waals surface area (Å²) in [5.41, 5.74) is 0.0892. The minimum absolute atomic E-state index is 0.118. The highest BCUT2D eigenvalue weighted by Crippen LogP contribution is 2.40. The van der Waals surface area contributed by atoms with E-state index in [1.807, 2.05) is 0 Å². The molecule has 0 atom stereocenters. The fourth-order valence-corrected chi connectivity index (χ4v) is 3.15. The van der Waals surface area contributed by atoms with Crippen LogP contribution in [0.2, 0.25) is 0 Å². The number of fused-ring (bicyclic) bond motifs is 1. The number of non-ortho nitro benzene ring substituents is 1. The Morgan fingerprint density at radius 1 is 1.07 bits per heavy atom. The van der Waals surface area contributed by atoms with E-state index in [2.05, 4.69) is 4.98 Å². The number of aryl methyl sites for hydroxylation is 1. The molecule has 152 valence electrons. The summed E-state index contributed by atoms with van der Waals surface area (Å²) in [6.07, 6.45) is 2.95. The molecule has 0 saturated heterocycles. The normalized spacial score (nSPS) is 11.1. The van der Waals surface area contributed by atoms with Crippen LogP contribution in [0.3, 0.4) is 0 Å². The number of pyridine rings is 1. The number of ether oxygens (including phenoxy) is 1. The van der Waals surface area contributed by atoms with Crippen LogP contribution in [-0.4, -0.2) is 14.5 Å². The highest BCUT2D eigenvalue weighted by atomic mass is 19.1. The van der Waals surface area contributed by atoms with Crippen molar-refractivity contribution in [2.75, 3.05) is 0 Å². The Kier molecular flexibility index (Phi) is 4.53. The van der Waals surface area contributed by atoms with Crippen molar-refractivity contribution in [3.8, 4) is 22.6 Å². The standard InChI is InChI=1S/C20H12F3N3O4/c1-25-9-14(12-4-5-24-18(12)20(25)27)13-8-11(26(28)29)2-3-17(13)30-19-15(22)6-10(21)7-16(19)23/h2-9,24H,1H3. The number of nitro groups is 1. The summed E-state index contributed by atoms with van der Waals surface area (Å²) in [6.45, 7) is 0. The molecule has 0 radical (unpaired) electrons. The topological polar surface area (TPSA) is 90.2 Å². The summed E-state index contributed by atoms with van der Waals surface area (Å²) in [7, 11) is 1.49. The zero-order valence-corrected chi connectivity index (χ0v) is 15.3. The molecule has 2 aromatic carbocycles. The van der Waals surface area contributed by atoms with Crippen molar-refractivity contribution in [3.63, 3.8) is 0 Å². The van der Waals surface area contributed by atoms with Crippen molar-refractivity contribution in [2.24, 2.45) is 7.05 Å². The van der Waals surface area contributed by atoms with Crippen LogP contribution in [0.25, 0.3) is 22.0 Å². The van der Waals surface area contributed by atoms with Crippen molar-refractivity contribution in [2.45, 2.75) is 0 Å². The maximum absolute atomic E-state index is 14.1. The van der Waals surface area contributed by atoms with Gasteiger partial charge in [0.05, 0.1) is 4.92 Å². The van der Waals surface area contributed by atoms with Gasteiger partial charge in [-0.05, 0) is 12.1 Å². The highest BCUT2D eigenvalue weighted by Gasteiger charge is 2.21. The number of halogens is 3. The molecule has 10 heteroatoms. The average Bonchev–Trinajstić information content (AvgIpc) is 3.17. The van der Waals surface area contributed by atoms with Crippen molar-refractivity contribution in [1.29, 1.82) is 0 Å². The molecule has 30 heavy (non-hydrogen) atoms. The first-order valence-corrected chi connectivity index (χ1v) is 8.54. The van der Waals surface area contributed by atoms with Crippen LogP contribution >= 0.6 is 0 Å². The number of nitrogens with zero attached hydrogens (tertiary/aromatic N) is 2. The van der Waals surface area contributed by atoms with Gasteiger partial charge in [-0.15, -0.1) is 0 Å². The fraction of sp³-hybridized carbons (Fsp3) is 0.0500. The van der Waals surface area contributed by atoms with Crippen LogP contribution in [0.4, 0.5) is 18.9 Å². The molecule has 0 fully saturated rings. The zero-order chi connectivity index (χ0) is 21.6. The molecule has 0 aliphatic rings. The molecule has 1 N–H and O–H groups in total. The van der Waals surface area contributed by atoms with Crippen LogP contribution in [-0.2, 0) is 7.05 Å². The lowest BCUT2D eigenvalue weighted by Crippen LogP contribution is -2.16. The fourth-order valence-electron chi connectivity index (χ4n) is 3.15. The van der Waals surface area contributed by atoms with Gasteiger partial charge in [-0.1, -0.05) is 0 Å². The van der Waals surface area contributed by atoms with Crippen LogP contribution in [0, 0.1) is 27.6 Å². The van der Waals surface area contributed by atoms with Gasteiger partial charge in [-0.2, -0.15) is 0 Å². The first kappa shape index (κ1) is 19.2. The zero-order valence-electron chi connectivity index (χ0n) is 15.3. The predicted octanol–water partition coefficient (Wildman–Crippen LogP) is 4.65. The molecule has 0 saturated carbocycles. The lowest BCUT2D eigenvalue weighted by Gasteiger charge is -2.14. The van der Waals surface area contributed by atoms with Crippen LogP contribution < -0.4 is 10.3 Å². The summed E-state index contributed by atoms with van der Waals surface area (Å²) in [5.74, 6) is -4.64. The van der Waals surface area contributed by atoms with E-state index in [9.17, 15) is 28.1 Å². The Morgan fingerprint density at radius 3 is 2.43 bits per heavy atom. The lowest BCUT2D eigenvalue weighted by atomic mass is 10.0. The summed E-state index contributed by atoms with van der Waals surface area (Å²) >= 11 is 0. The third-order valence-corrected chi connectivity index (χ3v) is 4.53. The first-order valence-electron chi connectivity index (χ1n) is 8.54. The van der Waals surface area contributed by atoms with Gasteiger partial charge in [-0.25, -0.2) is 13.2 Å². The van der Waals surface area contributed by atoms with E-state index in [1.54, 1.807) is 6.07 Å². The second kappa shape index (κ2) is 7.07. The lowest BCUT2D eigenvalue weighted by molar-refractivity contribution is -0.384. The maximum Gasteiger partial charge on any atom is 0.274 e. The molecular weight excluding hydrogens is 403 g/mol. The van der Waals surface area contributed by atoms with Crippen molar-refractivity contribution >= 4 is 16.6 Å². The predicted molar refractivity (Wildman–Crippen MR) is 102 cm³/mol. The Morgan fingerprint density at radius 2 is 1.77 bits per heavy atom. The smallest absolute Gasteiger partial charge is 0.274 e. The molecule has 7 nitrogen and oxygen atoms in total. The molecule has 0 unspecified atom stereocenters. The molecule has 0 aliphatic carbocycles. The number of aromatic amines is 1. The van der Waals surface area contributed by atoms with Crippen LogP contribution in [0.1, 0.15) is 0 Å². The molecule has 0 aliphatic heterocycles. The van der Waals surface area contributed by atoms with Gasteiger partial charge in [0.15, 0.2) is 17.4 Å². The van der Waals surface area contributed by atoms with Gasteiger partial charge in [-0.3, -0.25) is 14.9 Å². The minimum Gasteiger partial charge on any atom is -0.451 e. The number of nitrogens with one attached hydrogen (secondary N) is 1. The Hall–Kier alpha value is -4.08. The number of benzene rings is 2.